The highest BCUT2D eigenvalue weighted by atomic mass is 33.2. The van der Waals surface area contributed by atoms with Crippen molar-refractivity contribution in [2.24, 2.45) is 0 Å². The Bertz CT molecular complexity index is 966. The highest BCUT2D eigenvalue weighted by molar-refractivity contribution is 9.14. The van der Waals surface area contributed by atoms with Crippen LogP contribution >= 0.6 is 64.8 Å². The number of hydrogen-bond acceptors (Lipinski definition) is 12. The van der Waals surface area contributed by atoms with Gasteiger partial charge in [0.05, 0.1) is 0 Å². The van der Waals surface area contributed by atoms with Crippen molar-refractivity contribution in [1.29, 1.82) is 0 Å². The second-order valence-electron chi connectivity index (χ2n) is 11.4. The van der Waals surface area contributed by atoms with E-state index in [-0.39, 0.29) is 53.3 Å². The smallest absolute Gasteiger partial charge is 0.326 e. The zero-order valence-electron chi connectivity index (χ0n) is 26.7. The second kappa shape index (κ2) is 26.2. The monoisotopic (exact) mass is 781 g/mol. The minimum absolute atomic E-state index is 0. The molecule has 0 saturated carbocycles. The lowest BCUT2D eigenvalue weighted by atomic mass is 10.0. The van der Waals surface area contributed by atoms with Crippen LogP contribution in [-0.2, 0) is 24.0 Å². The summed E-state index contributed by atoms with van der Waals surface area (Å²) in [5, 5.41) is 36.2. The first-order valence-electron chi connectivity index (χ1n) is 16.2. The molecule has 2 amide bonds. The maximum Gasteiger partial charge on any atom is 0.326 e. The van der Waals surface area contributed by atoms with Crippen LogP contribution in [0.3, 0.4) is 0 Å². The molecule has 18 heteroatoms. The number of unbranched alkanes of at least 4 members (excludes halogenated alkanes) is 12. The van der Waals surface area contributed by atoms with Crippen LogP contribution in [0.15, 0.2) is 0 Å². The lowest BCUT2D eigenvalue weighted by Gasteiger charge is -2.27. The summed E-state index contributed by atoms with van der Waals surface area (Å²) >= 11 is 0. The highest BCUT2D eigenvalue weighted by Crippen LogP contribution is 2.83. The van der Waals surface area contributed by atoms with Crippen LogP contribution in [0, 0.1) is 0 Å². The molecule has 8 N–H and O–H groups in total. The predicted octanol–water partition coefficient (Wildman–Crippen LogP) is 6.94. The largest absolute Gasteiger partial charge is 0.481 e. The molecule has 12 nitrogen and oxygen atoms in total. The van der Waals surface area contributed by atoms with E-state index in [1.54, 1.807) is 43.2 Å². The number of carbonyl (C=O) groups excluding carboxylic acids is 2. The van der Waals surface area contributed by atoms with Crippen molar-refractivity contribution in [1.82, 2.24) is 16.0 Å². The molecule has 0 radical (unpaired) electrons. The van der Waals surface area contributed by atoms with Crippen LogP contribution in [0.25, 0.3) is 0 Å². The van der Waals surface area contributed by atoms with Gasteiger partial charge in [0.1, 0.15) is 16.8 Å². The van der Waals surface area contributed by atoms with Gasteiger partial charge in [0.15, 0.2) is 2.74 Å². The van der Waals surface area contributed by atoms with Crippen molar-refractivity contribution in [3.05, 3.63) is 0 Å². The Hall–Kier alpha value is -0.630. The van der Waals surface area contributed by atoms with E-state index in [1.807, 2.05) is 21.6 Å². The van der Waals surface area contributed by atoms with Gasteiger partial charge >= 0.3 is 17.9 Å². The predicted molar refractivity (Wildman–Crippen MR) is 202 cm³/mol. The third kappa shape index (κ3) is 21.9. The Kier molecular flexibility index (Phi) is 24.8. The molecule has 2 saturated heterocycles. The summed E-state index contributed by atoms with van der Waals surface area (Å²) in [6.07, 6.45) is 14.7. The summed E-state index contributed by atoms with van der Waals surface area (Å²) in [5.74, 6) is -3.38. The summed E-state index contributed by atoms with van der Waals surface area (Å²) < 4.78 is 0.162. The number of carboxylic acid groups (broad SMARTS) is 3. The molecule has 2 rings (SSSR count). The van der Waals surface area contributed by atoms with Crippen LogP contribution < -0.4 is 16.0 Å². The number of carboxylic acids is 3. The Balaban J connectivity index is 0. The molecule has 0 aromatic heterocycles. The Morgan fingerprint density at radius 1 is 0.596 bits per heavy atom. The Morgan fingerprint density at radius 3 is 1.60 bits per heavy atom. The van der Waals surface area contributed by atoms with Gasteiger partial charge in [-0.2, -0.15) is 0 Å². The van der Waals surface area contributed by atoms with Crippen LogP contribution in [-0.4, -0.2) is 76.6 Å². The van der Waals surface area contributed by atoms with Crippen LogP contribution in [0.2, 0.25) is 0 Å². The van der Waals surface area contributed by atoms with Gasteiger partial charge in [-0.05, 0) is 81.7 Å². The SMILES string of the molecule is O.O=C(O)CCCCCCCCCCCCCCC(=O)NC(CCC(=O)NCCCC[C@H](NC1SSC2(SS1)SS2)C(=O)O)C(=O)O.[HH].[HH]. The molecular formula is C29H55N3O9S6. The molecule has 2 fully saturated rings. The lowest BCUT2D eigenvalue weighted by Crippen LogP contribution is -2.41. The first-order valence-corrected chi connectivity index (χ1v) is 22.7. The van der Waals surface area contributed by atoms with Gasteiger partial charge in [-0.15, -0.1) is 0 Å². The van der Waals surface area contributed by atoms with Crippen molar-refractivity contribution in [3.63, 3.8) is 0 Å². The van der Waals surface area contributed by atoms with Crippen LogP contribution in [0.4, 0.5) is 0 Å². The average molecular weight is 782 g/mol. The summed E-state index contributed by atoms with van der Waals surface area (Å²) in [7, 11) is 10.5. The van der Waals surface area contributed by atoms with Crippen LogP contribution in [0.5, 0.6) is 0 Å². The average Bonchev–Trinajstić information content (AvgIpc) is 3.77. The van der Waals surface area contributed by atoms with Gasteiger partial charge in [0.2, 0.25) is 11.8 Å². The van der Waals surface area contributed by atoms with Gasteiger partial charge in [0.25, 0.3) is 0 Å². The molecule has 0 bridgehead atoms. The summed E-state index contributed by atoms with van der Waals surface area (Å²) in [5.41, 5.74) is 0. The van der Waals surface area contributed by atoms with Crippen molar-refractivity contribution in [3.8, 4) is 0 Å². The zero-order valence-corrected chi connectivity index (χ0v) is 31.6. The molecule has 2 atom stereocenters. The fourth-order valence-corrected chi connectivity index (χ4v) is 17.7. The normalized spacial score (nSPS) is 16.5. The molecular weight excluding hydrogens is 727 g/mol. The molecule has 0 aromatic rings. The van der Waals surface area contributed by atoms with Gasteiger partial charge in [0, 0.05) is 28.7 Å². The Labute approximate surface area is 304 Å². The van der Waals surface area contributed by atoms with Gasteiger partial charge in [-0.25, -0.2) is 4.79 Å². The van der Waals surface area contributed by atoms with E-state index in [0.29, 0.717) is 32.2 Å². The molecule has 1 unspecified atom stereocenters. The lowest BCUT2D eigenvalue weighted by molar-refractivity contribution is -0.142. The van der Waals surface area contributed by atoms with E-state index in [1.165, 1.54) is 19.3 Å². The third-order valence-electron chi connectivity index (χ3n) is 7.41. The molecule has 1 spiro atoms. The van der Waals surface area contributed by atoms with E-state index >= 15 is 0 Å². The minimum Gasteiger partial charge on any atom is -0.481 e. The van der Waals surface area contributed by atoms with E-state index < -0.39 is 30.0 Å². The Morgan fingerprint density at radius 2 is 1.11 bits per heavy atom. The van der Waals surface area contributed by atoms with Crippen molar-refractivity contribution in [2.45, 2.75) is 142 Å². The molecule has 47 heavy (non-hydrogen) atoms. The van der Waals surface area contributed by atoms with E-state index in [2.05, 4.69) is 16.0 Å². The number of carbonyl (C=O) groups is 5. The number of hydrogen-bond donors (Lipinski definition) is 6. The van der Waals surface area contributed by atoms with E-state index in [0.717, 1.165) is 51.4 Å². The summed E-state index contributed by atoms with van der Waals surface area (Å²) in [4.78, 5) is 58.3. The number of rotatable bonds is 28. The molecule has 276 valence electrons. The first kappa shape index (κ1) is 44.4. The van der Waals surface area contributed by atoms with Crippen molar-refractivity contribution < 1.29 is 47.6 Å². The topological polar surface area (TPSA) is 214 Å². The molecule has 2 heterocycles. The van der Waals surface area contributed by atoms with Gasteiger partial charge in [-0.1, -0.05) is 85.8 Å². The molecule has 2 aliphatic heterocycles. The van der Waals surface area contributed by atoms with Crippen molar-refractivity contribution in [2.75, 3.05) is 6.54 Å². The fourth-order valence-electron chi connectivity index (χ4n) is 4.74. The highest BCUT2D eigenvalue weighted by Gasteiger charge is 2.52. The minimum atomic E-state index is -1.16. The molecule has 2 aliphatic rings. The number of amides is 2. The van der Waals surface area contributed by atoms with Crippen molar-refractivity contribution >= 4 is 94.5 Å². The third-order valence-corrected chi connectivity index (χ3v) is 20.8. The molecule has 0 aliphatic carbocycles. The maximum absolute atomic E-state index is 12.3. The maximum atomic E-state index is 12.3. The fraction of sp³-hybridized carbons (Fsp3) is 0.828. The number of nitrogens with one attached hydrogen (secondary N) is 3. The van der Waals surface area contributed by atoms with Crippen LogP contribution in [0.1, 0.15) is 125 Å². The first-order chi connectivity index (χ1) is 22.1. The second-order valence-corrected chi connectivity index (χ2v) is 20.8. The summed E-state index contributed by atoms with van der Waals surface area (Å²) in [6, 6.07) is -1.77. The standard InChI is InChI=1S/C29H49N3O8S6.H2O.2H2/c33-23(30-20-14-13-15-21(26(37)38)32-28-41-43-29(44-42-28)45-46-29)19-18-22(27(39)40)31-24(34)16-11-9-7-5-3-1-2-4-6-8-10-12-17-25(35)36;;;/h21-22,28,32H,1-20H2,(H,30,33)(H,31,34)(H,35,36)(H,37,38)(H,39,40);1H2;2*1H/t21-,22?;;;/m0.../s1. The quantitative estimate of drug-likeness (QED) is 0.0269. The number of aliphatic carboxylic acids is 3. The zero-order chi connectivity index (χ0) is 33.6. The molecule has 0 aromatic carbocycles. The van der Waals surface area contributed by atoms with Gasteiger partial charge in [-0.3, -0.25) is 24.5 Å². The van der Waals surface area contributed by atoms with Gasteiger partial charge < -0.3 is 31.4 Å². The van der Waals surface area contributed by atoms with E-state index in [9.17, 15) is 34.2 Å². The summed E-state index contributed by atoms with van der Waals surface area (Å²) in [6.45, 7) is 0.376. The van der Waals surface area contributed by atoms with E-state index in [4.69, 9.17) is 5.11 Å².